The monoisotopic (exact) mass is 239 g/mol. The van der Waals surface area contributed by atoms with Crippen LogP contribution in [0.15, 0.2) is 0 Å². The quantitative estimate of drug-likeness (QED) is 0.732. The molecule has 2 saturated heterocycles. The summed E-state index contributed by atoms with van der Waals surface area (Å²) in [6.45, 7) is 9.77. The molecule has 0 aromatic rings. The number of nitrogens with zero attached hydrogens (tertiary/aromatic N) is 2. The maximum absolute atomic E-state index is 3.51. The van der Waals surface area contributed by atoms with Gasteiger partial charge in [-0.3, -0.25) is 0 Å². The predicted octanol–water partition coefficient (Wildman–Crippen LogP) is 1.40. The lowest BCUT2D eigenvalue weighted by atomic mass is 9.84. The first-order valence-corrected chi connectivity index (χ1v) is 7.44. The first kappa shape index (κ1) is 13.3. The van der Waals surface area contributed by atoms with Crippen LogP contribution in [0.4, 0.5) is 0 Å². The summed E-state index contributed by atoms with van der Waals surface area (Å²) in [5.41, 5.74) is 0. The van der Waals surface area contributed by atoms with Crippen molar-refractivity contribution in [2.45, 2.75) is 38.6 Å². The molecule has 0 bridgehead atoms. The van der Waals surface area contributed by atoms with E-state index in [-0.39, 0.29) is 0 Å². The molecule has 2 aliphatic heterocycles. The Morgan fingerprint density at radius 1 is 1.18 bits per heavy atom. The number of nitrogens with one attached hydrogen (secondary N) is 1. The van der Waals surface area contributed by atoms with Gasteiger partial charge in [-0.25, -0.2) is 0 Å². The normalized spacial score (nSPS) is 31.4. The van der Waals surface area contributed by atoms with Crippen LogP contribution in [0.1, 0.15) is 32.6 Å². The summed E-state index contributed by atoms with van der Waals surface area (Å²) in [5.74, 6) is 0.939. The van der Waals surface area contributed by atoms with Gasteiger partial charge in [0, 0.05) is 25.7 Å². The molecule has 2 fully saturated rings. The van der Waals surface area contributed by atoms with Crippen molar-refractivity contribution >= 4 is 0 Å². The van der Waals surface area contributed by atoms with Gasteiger partial charge < -0.3 is 15.1 Å². The number of hydrogen-bond acceptors (Lipinski definition) is 3. The summed E-state index contributed by atoms with van der Waals surface area (Å²) in [6, 6.07) is 0.878. The molecule has 100 valence electrons. The second-order valence-corrected chi connectivity index (χ2v) is 5.79. The van der Waals surface area contributed by atoms with Crippen LogP contribution in [0.25, 0.3) is 0 Å². The largest absolute Gasteiger partial charge is 0.315 e. The highest BCUT2D eigenvalue weighted by atomic mass is 15.2. The average molecular weight is 239 g/mol. The minimum atomic E-state index is 0.878. The second-order valence-electron chi connectivity index (χ2n) is 5.79. The van der Waals surface area contributed by atoms with Crippen molar-refractivity contribution in [2.24, 2.45) is 5.92 Å². The van der Waals surface area contributed by atoms with Crippen LogP contribution in [-0.2, 0) is 0 Å². The molecule has 1 N–H and O–H groups in total. The standard InChI is InChI=1S/C14H29N3/c1-3-7-15-8-11-17-10-6-14-13(12-17)5-4-9-16(14)2/h13-15H,3-12H2,1-2H3. The van der Waals surface area contributed by atoms with E-state index in [0.29, 0.717) is 0 Å². The van der Waals surface area contributed by atoms with E-state index in [1.807, 2.05) is 0 Å². The summed E-state index contributed by atoms with van der Waals surface area (Å²) in [5, 5.41) is 3.51. The minimum Gasteiger partial charge on any atom is -0.315 e. The highest BCUT2D eigenvalue weighted by molar-refractivity contribution is 4.89. The van der Waals surface area contributed by atoms with Gasteiger partial charge in [0.1, 0.15) is 0 Å². The first-order valence-electron chi connectivity index (χ1n) is 7.44. The maximum Gasteiger partial charge on any atom is 0.0145 e. The molecule has 0 aromatic heterocycles. The zero-order chi connectivity index (χ0) is 12.1. The molecule has 0 amide bonds. The molecule has 0 aromatic carbocycles. The van der Waals surface area contributed by atoms with Crippen molar-refractivity contribution in [2.75, 3.05) is 46.3 Å². The number of rotatable bonds is 5. The van der Waals surface area contributed by atoms with E-state index in [1.54, 1.807) is 0 Å². The molecule has 3 nitrogen and oxygen atoms in total. The zero-order valence-electron chi connectivity index (χ0n) is 11.6. The van der Waals surface area contributed by atoms with Crippen LogP contribution in [-0.4, -0.2) is 62.2 Å². The number of piperidine rings is 2. The van der Waals surface area contributed by atoms with Crippen LogP contribution in [0, 0.1) is 5.92 Å². The van der Waals surface area contributed by atoms with Crippen molar-refractivity contribution in [1.29, 1.82) is 0 Å². The summed E-state index contributed by atoms with van der Waals surface area (Å²) >= 11 is 0. The Balaban J connectivity index is 1.70. The molecule has 2 aliphatic rings. The minimum absolute atomic E-state index is 0.878. The molecule has 2 rings (SSSR count). The number of fused-ring (bicyclic) bond motifs is 1. The van der Waals surface area contributed by atoms with E-state index in [1.165, 1.54) is 65.0 Å². The van der Waals surface area contributed by atoms with Gasteiger partial charge >= 0.3 is 0 Å². The van der Waals surface area contributed by atoms with Gasteiger partial charge in [-0.2, -0.15) is 0 Å². The molecule has 0 spiro atoms. The fraction of sp³-hybridized carbons (Fsp3) is 1.00. The van der Waals surface area contributed by atoms with Gasteiger partial charge in [0.2, 0.25) is 0 Å². The lowest BCUT2D eigenvalue weighted by Gasteiger charge is -2.46. The van der Waals surface area contributed by atoms with Crippen LogP contribution < -0.4 is 5.32 Å². The molecule has 3 heteroatoms. The second kappa shape index (κ2) is 6.72. The topological polar surface area (TPSA) is 18.5 Å². The average Bonchev–Trinajstić information content (AvgIpc) is 2.35. The van der Waals surface area contributed by atoms with Crippen LogP contribution >= 0.6 is 0 Å². The molecule has 0 saturated carbocycles. The Hall–Kier alpha value is -0.120. The van der Waals surface area contributed by atoms with Gasteiger partial charge in [0.25, 0.3) is 0 Å². The smallest absolute Gasteiger partial charge is 0.0145 e. The van der Waals surface area contributed by atoms with Crippen LogP contribution in [0.3, 0.4) is 0 Å². The van der Waals surface area contributed by atoms with Gasteiger partial charge in [0.05, 0.1) is 0 Å². The molecule has 17 heavy (non-hydrogen) atoms. The molecule has 2 unspecified atom stereocenters. The van der Waals surface area contributed by atoms with Crippen molar-refractivity contribution in [3.05, 3.63) is 0 Å². The molecule has 2 heterocycles. The first-order chi connectivity index (χ1) is 8.31. The molecule has 0 aliphatic carbocycles. The van der Waals surface area contributed by atoms with Crippen molar-refractivity contribution < 1.29 is 0 Å². The third kappa shape index (κ3) is 3.67. The summed E-state index contributed by atoms with van der Waals surface area (Å²) < 4.78 is 0. The maximum atomic E-state index is 3.51. The molecular weight excluding hydrogens is 210 g/mol. The Morgan fingerprint density at radius 3 is 2.88 bits per heavy atom. The fourth-order valence-corrected chi connectivity index (χ4v) is 3.47. The summed E-state index contributed by atoms with van der Waals surface area (Å²) in [6.07, 6.45) is 5.48. The van der Waals surface area contributed by atoms with Crippen molar-refractivity contribution in [3.63, 3.8) is 0 Å². The van der Waals surface area contributed by atoms with Gasteiger partial charge in [-0.05, 0) is 58.3 Å². The Kier molecular flexibility index (Phi) is 5.26. The van der Waals surface area contributed by atoms with Gasteiger partial charge in [0.15, 0.2) is 0 Å². The van der Waals surface area contributed by atoms with E-state index in [9.17, 15) is 0 Å². The summed E-state index contributed by atoms with van der Waals surface area (Å²) in [7, 11) is 2.31. The van der Waals surface area contributed by atoms with Gasteiger partial charge in [-0.15, -0.1) is 0 Å². The van der Waals surface area contributed by atoms with Crippen molar-refractivity contribution in [3.8, 4) is 0 Å². The Bertz CT molecular complexity index is 220. The van der Waals surface area contributed by atoms with E-state index < -0.39 is 0 Å². The lowest BCUT2D eigenvalue weighted by Crippen LogP contribution is -2.53. The SMILES string of the molecule is CCCNCCN1CCC2C(CCCN2C)C1. The van der Waals surface area contributed by atoms with E-state index in [0.717, 1.165) is 12.0 Å². The third-order valence-corrected chi connectivity index (χ3v) is 4.46. The summed E-state index contributed by atoms with van der Waals surface area (Å²) in [4.78, 5) is 5.27. The molecule has 0 radical (unpaired) electrons. The Labute approximate surface area is 107 Å². The number of hydrogen-bond donors (Lipinski definition) is 1. The predicted molar refractivity (Wildman–Crippen MR) is 73.4 cm³/mol. The fourth-order valence-electron chi connectivity index (χ4n) is 3.47. The van der Waals surface area contributed by atoms with E-state index in [4.69, 9.17) is 0 Å². The third-order valence-electron chi connectivity index (χ3n) is 4.46. The van der Waals surface area contributed by atoms with E-state index in [2.05, 4.69) is 29.1 Å². The van der Waals surface area contributed by atoms with Crippen LogP contribution in [0.5, 0.6) is 0 Å². The molecular formula is C14H29N3. The van der Waals surface area contributed by atoms with Crippen molar-refractivity contribution in [1.82, 2.24) is 15.1 Å². The highest BCUT2D eigenvalue weighted by Gasteiger charge is 2.33. The zero-order valence-corrected chi connectivity index (χ0v) is 11.6. The lowest BCUT2D eigenvalue weighted by molar-refractivity contribution is 0.0391. The highest BCUT2D eigenvalue weighted by Crippen LogP contribution is 2.29. The van der Waals surface area contributed by atoms with E-state index >= 15 is 0 Å². The van der Waals surface area contributed by atoms with Gasteiger partial charge in [-0.1, -0.05) is 6.92 Å². The molecule has 2 atom stereocenters. The van der Waals surface area contributed by atoms with Crippen LogP contribution in [0.2, 0.25) is 0 Å². The number of likely N-dealkylation sites (tertiary alicyclic amines) is 2. The Morgan fingerprint density at radius 2 is 2.06 bits per heavy atom.